The third-order valence-corrected chi connectivity index (χ3v) is 11.1. The van der Waals surface area contributed by atoms with E-state index >= 15 is 0 Å². The first kappa shape index (κ1) is 56.1. The molecule has 0 aliphatic carbocycles. The van der Waals surface area contributed by atoms with E-state index in [0.29, 0.717) is 19.4 Å². The third-order valence-electron chi connectivity index (χ3n) is 11.1. The lowest BCUT2D eigenvalue weighted by molar-refractivity contribution is -0.163. The van der Waals surface area contributed by atoms with Crippen LogP contribution < -0.4 is 0 Å². The predicted octanol–water partition coefficient (Wildman–Crippen LogP) is 17.0. The normalized spacial score (nSPS) is 12.4. The van der Waals surface area contributed by atoms with Crippen molar-refractivity contribution < 1.29 is 23.8 Å². The molecule has 0 radical (unpaired) electrons. The summed E-state index contributed by atoms with van der Waals surface area (Å²) in [6.45, 7) is 7.79. The van der Waals surface area contributed by atoms with Crippen LogP contribution in [-0.2, 0) is 23.8 Å². The fraction of sp³-hybridized carbons (Fsp3) is 0.849. The molecular formula is C53H98O5. The zero-order chi connectivity index (χ0) is 42.1. The van der Waals surface area contributed by atoms with E-state index in [1.165, 1.54) is 173 Å². The summed E-state index contributed by atoms with van der Waals surface area (Å²) in [7, 11) is 0. The Balaban J connectivity index is 4.22. The Hall–Kier alpha value is -1.88. The minimum atomic E-state index is -0.538. The number of carbonyl (C=O) groups excluding carboxylic acids is 2. The van der Waals surface area contributed by atoms with Crippen LogP contribution in [0.25, 0.3) is 0 Å². The molecule has 0 bridgehead atoms. The summed E-state index contributed by atoms with van der Waals surface area (Å²) in [5, 5.41) is 0. The minimum absolute atomic E-state index is 0.0821. The molecule has 0 aliphatic rings. The van der Waals surface area contributed by atoms with Crippen LogP contribution in [-0.4, -0.2) is 37.9 Å². The van der Waals surface area contributed by atoms with Gasteiger partial charge in [-0.15, -0.1) is 0 Å². The van der Waals surface area contributed by atoms with Gasteiger partial charge in [0.15, 0.2) is 6.10 Å². The van der Waals surface area contributed by atoms with E-state index in [4.69, 9.17) is 14.2 Å². The lowest BCUT2D eigenvalue weighted by atomic mass is 10.0. The quantitative estimate of drug-likeness (QED) is 0.0348. The lowest BCUT2D eigenvalue weighted by Crippen LogP contribution is -2.30. The van der Waals surface area contributed by atoms with E-state index in [-0.39, 0.29) is 25.2 Å². The number of hydrogen-bond donors (Lipinski definition) is 0. The highest BCUT2D eigenvalue weighted by atomic mass is 16.6. The van der Waals surface area contributed by atoms with Crippen molar-refractivity contribution >= 4 is 11.9 Å². The average Bonchev–Trinajstić information content (AvgIpc) is 3.22. The molecule has 58 heavy (non-hydrogen) atoms. The number of hydrogen-bond acceptors (Lipinski definition) is 5. The molecule has 0 fully saturated rings. The molecule has 0 spiro atoms. The van der Waals surface area contributed by atoms with Gasteiger partial charge in [-0.25, -0.2) is 0 Å². The fourth-order valence-electron chi connectivity index (χ4n) is 7.29. The highest BCUT2D eigenvalue weighted by molar-refractivity contribution is 5.70. The lowest BCUT2D eigenvalue weighted by Gasteiger charge is -2.18. The van der Waals surface area contributed by atoms with Crippen LogP contribution >= 0.6 is 0 Å². The molecule has 0 saturated carbocycles. The average molecular weight is 815 g/mol. The molecule has 0 aromatic heterocycles. The number of esters is 2. The van der Waals surface area contributed by atoms with Crippen molar-refractivity contribution in [3.8, 4) is 0 Å². The molecule has 0 N–H and O–H groups in total. The van der Waals surface area contributed by atoms with Gasteiger partial charge in [0.05, 0.1) is 6.61 Å². The van der Waals surface area contributed by atoms with Gasteiger partial charge in [0.2, 0.25) is 0 Å². The summed E-state index contributed by atoms with van der Waals surface area (Å²) in [5.41, 5.74) is 0. The van der Waals surface area contributed by atoms with Crippen molar-refractivity contribution in [2.24, 2.45) is 0 Å². The van der Waals surface area contributed by atoms with Crippen LogP contribution in [0.1, 0.15) is 265 Å². The maximum absolute atomic E-state index is 12.7. The second kappa shape index (κ2) is 49.5. The molecule has 0 rings (SSSR count). The summed E-state index contributed by atoms with van der Waals surface area (Å²) >= 11 is 0. The first-order valence-corrected chi connectivity index (χ1v) is 25.5. The second-order valence-corrected chi connectivity index (χ2v) is 17.1. The summed E-state index contributed by atoms with van der Waals surface area (Å²) in [5.74, 6) is -0.405. The van der Waals surface area contributed by atoms with Crippen molar-refractivity contribution in [2.45, 2.75) is 271 Å². The van der Waals surface area contributed by atoms with Crippen LogP contribution in [0.15, 0.2) is 36.5 Å². The maximum Gasteiger partial charge on any atom is 0.306 e. The number of ether oxygens (including phenoxy) is 3. The second-order valence-electron chi connectivity index (χ2n) is 17.1. The van der Waals surface area contributed by atoms with Gasteiger partial charge in [0, 0.05) is 19.4 Å². The van der Waals surface area contributed by atoms with Crippen molar-refractivity contribution in [1.29, 1.82) is 0 Å². The zero-order valence-corrected chi connectivity index (χ0v) is 39.1. The van der Waals surface area contributed by atoms with E-state index in [0.717, 1.165) is 57.8 Å². The Morgan fingerprint density at radius 3 is 1.24 bits per heavy atom. The number of rotatable bonds is 47. The first-order valence-electron chi connectivity index (χ1n) is 25.5. The van der Waals surface area contributed by atoms with Crippen LogP contribution in [0.2, 0.25) is 0 Å². The highest BCUT2D eigenvalue weighted by Gasteiger charge is 2.17. The zero-order valence-electron chi connectivity index (χ0n) is 39.1. The Bertz CT molecular complexity index is 924. The summed E-state index contributed by atoms with van der Waals surface area (Å²) in [6, 6.07) is 0. The van der Waals surface area contributed by atoms with Gasteiger partial charge in [0.25, 0.3) is 0 Å². The van der Waals surface area contributed by atoms with Crippen LogP contribution in [0.5, 0.6) is 0 Å². The minimum Gasteiger partial charge on any atom is -0.462 e. The van der Waals surface area contributed by atoms with Crippen LogP contribution in [0.4, 0.5) is 0 Å². The molecule has 0 aliphatic heterocycles. The van der Waals surface area contributed by atoms with Gasteiger partial charge < -0.3 is 14.2 Å². The van der Waals surface area contributed by atoms with Crippen LogP contribution in [0.3, 0.4) is 0 Å². The molecule has 0 aromatic carbocycles. The fourth-order valence-corrected chi connectivity index (χ4v) is 7.29. The van der Waals surface area contributed by atoms with E-state index in [9.17, 15) is 9.59 Å². The van der Waals surface area contributed by atoms with E-state index in [2.05, 4.69) is 57.2 Å². The molecule has 5 heteroatoms. The predicted molar refractivity (Wildman–Crippen MR) is 252 cm³/mol. The first-order chi connectivity index (χ1) is 28.6. The van der Waals surface area contributed by atoms with Gasteiger partial charge >= 0.3 is 11.9 Å². The Morgan fingerprint density at radius 2 is 0.741 bits per heavy atom. The molecule has 340 valence electrons. The molecule has 1 unspecified atom stereocenters. The van der Waals surface area contributed by atoms with Gasteiger partial charge in [-0.3, -0.25) is 9.59 Å². The Morgan fingerprint density at radius 1 is 0.379 bits per heavy atom. The van der Waals surface area contributed by atoms with Crippen molar-refractivity contribution in [2.75, 3.05) is 19.8 Å². The van der Waals surface area contributed by atoms with Gasteiger partial charge in [-0.2, -0.15) is 0 Å². The Labute approximate surface area is 361 Å². The summed E-state index contributed by atoms with van der Waals surface area (Å²) in [4.78, 5) is 25.3. The van der Waals surface area contributed by atoms with Crippen molar-refractivity contribution in [3.63, 3.8) is 0 Å². The van der Waals surface area contributed by atoms with Crippen LogP contribution in [0, 0.1) is 0 Å². The monoisotopic (exact) mass is 815 g/mol. The maximum atomic E-state index is 12.7. The van der Waals surface area contributed by atoms with Gasteiger partial charge in [0.1, 0.15) is 6.61 Å². The number of allylic oxidation sites excluding steroid dienone is 6. The standard InChI is InChI=1S/C53H98O5/c1-4-7-10-13-16-19-22-24-26-27-28-29-32-34-37-40-43-46-52(54)57-50-51(58-53(55)47-44-41-38-35-31-21-18-15-12-9-6-3)49-56-48-45-42-39-36-33-30-25-23-20-17-14-11-8-5-2/h15-16,18-19,24,26,51H,4-14,17,20-23,25,27-50H2,1-3H3/b18-15-,19-16-,26-24-. The van der Waals surface area contributed by atoms with E-state index in [1.807, 2.05) is 0 Å². The molecule has 0 heterocycles. The molecule has 1 atom stereocenters. The summed E-state index contributed by atoms with van der Waals surface area (Å²) in [6.07, 6.45) is 58.6. The molecular weight excluding hydrogens is 717 g/mol. The molecule has 0 amide bonds. The van der Waals surface area contributed by atoms with Gasteiger partial charge in [-0.05, 0) is 70.6 Å². The van der Waals surface area contributed by atoms with Crippen molar-refractivity contribution in [3.05, 3.63) is 36.5 Å². The van der Waals surface area contributed by atoms with Gasteiger partial charge in [-0.1, -0.05) is 218 Å². The SMILES string of the molecule is CCCC/C=C\CCCCCCCC(=O)OC(COCCCCCCCCCCCCCCCC)COC(=O)CCCCCCCCC/C=C\C/C=C\CCCCC. The highest BCUT2D eigenvalue weighted by Crippen LogP contribution is 2.15. The third kappa shape index (κ3) is 46.8. The van der Waals surface area contributed by atoms with Crippen molar-refractivity contribution in [1.82, 2.24) is 0 Å². The van der Waals surface area contributed by atoms with E-state index in [1.54, 1.807) is 0 Å². The summed E-state index contributed by atoms with van der Waals surface area (Å²) < 4.78 is 17.4. The molecule has 0 aromatic rings. The Kier molecular flexibility index (Phi) is 47.9. The largest absolute Gasteiger partial charge is 0.462 e. The number of carbonyl (C=O) groups is 2. The molecule has 5 nitrogen and oxygen atoms in total. The smallest absolute Gasteiger partial charge is 0.306 e. The topological polar surface area (TPSA) is 61.8 Å². The van der Waals surface area contributed by atoms with E-state index < -0.39 is 6.10 Å². The number of unbranched alkanes of at least 4 members (excludes halogenated alkanes) is 30. The molecule has 0 saturated heterocycles.